The number of para-hydroxylation sites is 2. The van der Waals surface area contributed by atoms with Crippen molar-refractivity contribution in [3.8, 4) is 44.5 Å². The van der Waals surface area contributed by atoms with E-state index < -0.39 is 5.41 Å². The van der Waals surface area contributed by atoms with Gasteiger partial charge in [-0.15, -0.1) is 0 Å². The van der Waals surface area contributed by atoms with Gasteiger partial charge in [0.15, 0.2) is 0 Å². The van der Waals surface area contributed by atoms with Gasteiger partial charge in [0.2, 0.25) is 0 Å². The summed E-state index contributed by atoms with van der Waals surface area (Å²) in [6, 6.07) is 94.9. The largest absolute Gasteiger partial charge is 0.310 e. The number of nitrogens with zero attached hydrogens (tertiary/aromatic N) is 2. The van der Waals surface area contributed by atoms with Crippen molar-refractivity contribution in [3.63, 3.8) is 0 Å². The third kappa shape index (κ3) is 5.80. The highest BCUT2D eigenvalue weighted by molar-refractivity contribution is 6.02. The molecular weight excluding hydrogens is 845 g/mol. The molecule has 11 aromatic carbocycles. The lowest BCUT2D eigenvalue weighted by Gasteiger charge is -2.44. The normalized spacial score (nSPS) is 15.4. The highest BCUT2D eigenvalue weighted by Crippen LogP contribution is 2.65. The van der Waals surface area contributed by atoms with Crippen LogP contribution in [0, 0.1) is 0 Å². The molecule has 0 spiro atoms. The minimum absolute atomic E-state index is 0.127. The first-order valence-corrected chi connectivity index (χ1v) is 24.5. The van der Waals surface area contributed by atoms with Gasteiger partial charge in [0.05, 0.1) is 16.8 Å². The third-order valence-electron chi connectivity index (χ3n) is 15.6. The topological polar surface area (TPSA) is 6.48 Å². The quantitative estimate of drug-likeness (QED) is 0.157. The van der Waals surface area contributed by atoms with E-state index in [9.17, 15) is 0 Å². The highest BCUT2D eigenvalue weighted by atomic mass is 15.2. The van der Waals surface area contributed by atoms with E-state index >= 15 is 0 Å². The zero-order chi connectivity index (χ0) is 46.6. The Bertz CT molecular complexity index is 3850. The van der Waals surface area contributed by atoms with Crippen LogP contribution in [0.3, 0.4) is 0 Å². The van der Waals surface area contributed by atoms with Crippen LogP contribution in [0.4, 0.5) is 34.1 Å². The number of hydrogen-bond donors (Lipinski definition) is 0. The lowest BCUT2D eigenvalue weighted by Crippen LogP contribution is -2.35. The van der Waals surface area contributed by atoms with Crippen molar-refractivity contribution < 1.29 is 0 Å². The summed E-state index contributed by atoms with van der Waals surface area (Å²) in [7, 11) is 0. The van der Waals surface area contributed by atoms with E-state index in [-0.39, 0.29) is 5.41 Å². The first-order chi connectivity index (χ1) is 34.5. The SMILES string of the molecule is CC1(C)c2ccccc2-c2ccc(N(c3ccc(-c4cc5c(cc4-c4ccccc4)-c4cccc6c4C5(c4ccccc4)c4ccccc4N6c4ccccc4)cc3)c3ccc4ccccc4c3)cc21. The molecule has 14 rings (SSSR count). The molecule has 0 aromatic heterocycles. The predicted molar refractivity (Wildman–Crippen MR) is 293 cm³/mol. The minimum atomic E-state index is -0.567. The molecule has 2 heteroatoms. The van der Waals surface area contributed by atoms with Crippen LogP contribution in [-0.2, 0) is 10.8 Å². The van der Waals surface area contributed by atoms with Crippen LogP contribution in [0.5, 0.6) is 0 Å². The van der Waals surface area contributed by atoms with Crippen molar-refractivity contribution in [3.05, 3.63) is 288 Å². The van der Waals surface area contributed by atoms with Gasteiger partial charge in [-0.1, -0.05) is 196 Å². The van der Waals surface area contributed by atoms with Gasteiger partial charge in [-0.3, -0.25) is 0 Å². The minimum Gasteiger partial charge on any atom is -0.310 e. The maximum Gasteiger partial charge on any atom is 0.0754 e. The van der Waals surface area contributed by atoms with Crippen molar-refractivity contribution >= 4 is 44.9 Å². The fourth-order valence-corrected chi connectivity index (χ4v) is 12.5. The molecule has 0 radical (unpaired) electrons. The van der Waals surface area contributed by atoms with E-state index in [2.05, 4.69) is 278 Å². The molecule has 2 aliphatic carbocycles. The van der Waals surface area contributed by atoms with E-state index in [1.54, 1.807) is 0 Å². The van der Waals surface area contributed by atoms with Gasteiger partial charge in [-0.2, -0.15) is 0 Å². The van der Waals surface area contributed by atoms with Crippen molar-refractivity contribution in [1.82, 2.24) is 0 Å². The lowest BCUT2D eigenvalue weighted by atomic mass is 9.64. The van der Waals surface area contributed by atoms with Gasteiger partial charge in [-0.05, 0) is 156 Å². The summed E-state index contributed by atoms with van der Waals surface area (Å²) in [4.78, 5) is 4.91. The fourth-order valence-electron chi connectivity index (χ4n) is 12.5. The summed E-state index contributed by atoms with van der Waals surface area (Å²) >= 11 is 0. The van der Waals surface area contributed by atoms with Gasteiger partial charge in [0.1, 0.15) is 0 Å². The summed E-state index contributed by atoms with van der Waals surface area (Å²) in [6.45, 7) is 4.73. The van der Waals surface area contributed by atoms with Crippen molar-refractivity contribution in [2.75, 3.05) is 9.80 Å². The van der Waals surface area contributed by atoms with Crippen LogP contribution in [0.15, 0.2) is 255 Å². The molecule has 0 saturated heterocycles. The van der Waals surface area contributed by atoms with E-state index in [4.69, 9.17) is 0 Å². The lowest BCUT2D eigenvalue weighted by molar-refractivity contribution is 0.660. The van der Waals surface area contributed by atoms with Crippen molar-refractivity contribution in [1.29, 1.82) is 0 Å². The maximum atomic E-state index is 2.54. The highest BCUT2D eigenvalue weighted by Gasteiger charge is 2.53. The summed E-state index contributed by atoms with van der Waals surface area (Å²) in [5.41, 5.74) is 24.1. The summed E-state index contributed by atoms with van der Waals surface area (Å²) < 4.78 is 0. The third-order valence-corrected chi connectivity index (χ3v) is 15.6. The molecular formula is C68H48N2. The second kappa shape index (κ2) is 15.4. The number of benzene rings is 11. The second-order valence-corrected chi connectivity index (χ2v) is 19.6. The standard InChI is InChI=1S/C68H48N2/c1-67(2)60-29-15-14-27-54(60)55-40-39-53(42-62(55)67)69(52-38-33-45-19-12-13-22-48(45)41-52)51-36-34-47(35-37-51)58-44-63-59(43-57(58)46-20-6-3-7-21-46)56-28-18-32-65-66(56)68(63,49-23-8-4-9-24-49)61-30-16-17-31-64(61)70(65)50-25-10-5-11-26-50/h3-44H,1-2H3. The Kier molecular flexibility index (Phi) is 8.88. The molecule has 1 heterocycles. The average molecular weight is 893 g/mol. The van der Waals surface area contributed by atoms with Crippen LogP contribution in [0.2, 0.25) is 0 Å². The van der Waals surface area contributed by atoms with Gasteiger partial charge in [0.25, 0.3) is 0 Å². The zero-order valence-corrected chi connectivity index (χ0v) is 39.1. The second-order valence-electron chi connectivity index (χ2n) is 19.6. The van der Waals surface area contributed by atoms with Gasteiger partial charge in [0, 0.05) is 33.7 Å². The Morgan fingerprint density at radius 1 is 0.329 bits per heavy atom. The van der Waals surface area contributed by atoms with E-state index in [1.807, 2.05) is 0 Å². The predicted octanol–water partition coefficient (Wildman–Crippen LogP) is 18.1. The molecule has 0 fully saturated rings. The number of anilines is 6. The summed E-state index contributed by atoms with van der Waals surface area (Å²) in [5.74, 6) is 0. The molecule has 1 atom stereocenters. The fraction of sp³-hybridized carbons (Fsp3) is 0.0588. The molecule has 70 heavy (non-hydrogen) atoms. The Balaban J connectivity index is 0.981. The molecule has 1 unspecified atom stereocenters. The van der Waals surface area contributed by atoms with Crippen LogP contribution < -0.4 is 9.80 Å². The van der Waals surface area contributed by atoms with Gasteiger partial charge in [-0.25, -0.2) is 0 Å². The zero-order valence-electron chi connectivity index (χ0n) is 39.1. The Labute approximate surface area is 410 Å². The Morgan fingerprint density at radius 3 is 1.70 bits per heavy atom. The van der Waals surface area contributed by atoms with Gasteiger partial charge >= 0.3 is 0 Å². The molecule has 3 aliphatic rings. The monoisotopic (exact) mass is 892 g/mol. The Hall–Kier alpha value is -8.72. The van der Waals surface area contributed by atoms with Crippen LogP contribution in [0.25, 0.3) is 55.3 Å². The smallest absolute Gasteiger partial charge is 0.0754 e. The first-order valence-electron chi connectivity index (χ1n) is 24.5. The van der Waals surface area contributed by atoms with E-state index in [1.165, 1.54) is 100 Å². The van der Waals surface area contributed by atoms with E-state index in [0.717, 1.165) is 22.7 Å². The average Bonchev–Trinajstić information content (AvgIpc) is 3.85. The molecule has 2 nitrogen and oxygen atoms in total. The van der Waals surface area contributed by atoms with Crippen molar-refractivity contribution in [2.45, 2.75) is 24.7 Å². The maximum absolute atomic E-state index is 2.54. The van der Waals surface area contributed by atoms with Crippen LogP contribution in [-0.4, -0.2) is 0 Å². The van der Waals surface area contributed by atoms with Gasteiger partial charge < -0.3 is 9.80 Å². The molecule has 11 aromatic rings. The Morgan fingerprint density at radius 2 is 0.900 bits per heavy atom. The molecule has 0 bridgehead atoms. The molecule has 0 saturated carbocycles. The summed E-state index contributed by atoms with van der Waals surface area (Å²) in [6.07, 6.45) is 0. The number of hydrogen-bond acceptors (Lipinski definition) is 2. The molecule has 1 aliphatic heterocycles. The van der Waals surface area contributed by atoms with Crippen LogP contribution in [0.1, 0.15) is 47.2 Å². The van der Waals surface area contributed by atoms with Crippen LogP contribution >= 0.6 is 0 Å². The summed E-state index contributed by atoms with van der Waals surface area (Å²) in [5, 5.41) is 2.45. The van der Waals surface area contributed by atoms with Crippen molar-refractivity contribution in [2.24, 2.45) is 0 Å². The van der Waals surface area contributed by atoms with E-state index in [0.29, 0.717) is 0 Å². The molecule has 0 N–H and O–H groups in total. The molecule has 330 valence electrons. The molecule has 0 amide bonds. The number of rotatable bonds is 7. The number of fused-ring (bicyclic) bond motifs is 9. The first kappa shape index (κ1) is 40.4.